The lowest BCUT2D eigenvalue weighted by atomic mass is 10.2. The van der Waals surface area contributed by atoms with Crippen molar-refractivity contribution in [3.63, 3.8) is 0 Å². The molecule has 4 rings (SSSR count). The quantitative estimate of drug-likeness (QED) is 0.475. The van der Waals surface area contributed by atoms with E-state index in [1.807, 2.05) is 6.07 Å². The van der Waals surface area contributed by atoms with Crippen LogP contribution >= 0.6 is 43.2 Å². The lowest BCUT2D eigenvalue weighted by Crippen LogP contribution is -2.22. The zero-order chi connectivity index (χ0) is 17.7. The molecule has 0 atom stereocenters. The van der Waals surface area contributed by atoms with Gasteiger partial charge in [-0.05, 0) is 61.7 Å². The van der Waals surface area contributed by atoms with Crippen LogP contribution in [-0.2, 0) is 0 Å². The molecule has 25 heavy (non-hydrogen) atoms. The van der Waals surface area contributed by atoms with Crippen LogP contribution in [0.25, 0.3) is 22.2 Å². The van der Waals surface area contributed by atoms with Crippen molar-refractivity contribution < 1.29 is 9.84 Å². The van der Waals surface area contributed by atoms with E-state index in [1.54, 1.807) is 24.4 Å². The Morgan fingerprint density at radius 1 is 1.32 bits per heavy atom. The van der Waals surface area contributed by atoms with E-state index in [0.717, 1.165) is 10.0 Å². The third kappa shape index (κ3) is 2.72. The number of nitrogens with zero attached hydrogens (tertiary/aromatic N) is 3. The number of benzene rings is 1. The van der Waals surface area contributed by atoms with Gasteiger partial charge in [0.1, 0.15) is 5.52 Å². The number of fused-ring (bicyclic) bond motifs is 3. The van der Waals surface area contributed by atoms with E-state index in [2.05, 4.69) is 41.8 Å². The van der Waals surface area contributed by atoms with E-state index >= 15 is 0 Å². The molecule has 1 aromatic carbocycles. The van der Waals surface area contributed by atoms with Gasteiger partial charge in [0.2, 0.25) is 0 Å². The van der Waals surface area contributed by atoms with Crippen LogP contribution in [0.4, 0.5) is 0 Å². The third-order valence-corrected chi connectivity index (χ3v) is 5.62. The maximum Gasteiger partial charge on any atom is 0.276 e. The highest BCUT2D eigenvalue weighted by Gasteiger charge is 2.13. The molecular formula is C16H9Br2N3O3S. The summed E-state index contributed by atoms with van der Waals surface area (Å²) in [6, 6.07) is 5.20. The maximum atomic E-state index is 12.8. The van der Waals surface area contributed by atoms with Crippen LogP contribution in [0.15, 0.2) is 38.1 Å². The lowest BCUT2D eigenvalue weighted by molar-refractivity contribution is 0.372. The molecule has 0 bridgehead atoms. The molecule has 0 aliphatic rings. The number of aromatic nitrogens is 3. The molecule has 0 spiro atoms. The minimum absolute atomic E-state index is 0.0174. The van der Waals surface area contributed by atoms with Crippen LogP contribution in [0.2, 0.25) is 0 Å². The number of thiazole rings is 1. The van der Waals surface area contributed by atoms with Gasteiger partial charge in [0, 0.05) is 10.7 Å². The maximum absolute atomic E-state index is 12.8. The Balaban J connectivity index is 1.96. The second-order valence-corrected chi connectivity index (χ2v) is 7.97. The van der Waals surface area contributed by atoms with Gasteiger partial charge in [0.25, 0.3) is 5.56 Å². The Hall–Kier alpha value is -1.97. The molecule has 4 aromatic rings. The predicted octanol–water partition coefficient (Wildman–Crippen LogP) is 3.09. The summed E-state index contributed by atoms with van der Waals surface area (Å²) < 4.78 is 8.47. The largest absolute Gasteiger partial charge is 0.503 e. The SMILES string of the molecule is COc1cc(/C=c2\sc3nc4cc(Br)cnc4n3c2=O)cc(Br)c1O. The van der Waals surface area contributed by atoms with Crippen LogP contribution in [0.1, 0.15) is 5.56 Å². The number of rotatable bonds is 2. The minimum atomic E-state index is -0.180. The Labute approximate surface area is 161 Å². The molecule has 0 saturated carbocycles. The van der Waals surface area contributed by atoms with Crippen molar-refractivity contribution in [2.75, 3.05) is 7.11 Å². The Morgan fingerprint density at radius 3 is 2.88 bits per heavy atom. The van der Waals surface area contributed by atoms with Crippen molar-refractivity contribution in [3.8, 4) is 11.5 Å². The number of imidazole rings is 1. The Morgan fingerprint density at radius 2 is 2.12 bits per heavy atom. The van der Waals surface area contributed by atoms with Gasteiger partial charge in [-0.2, -0.15) is 0 Å². The zero-order valence-corrected chi connectivity index (χ0v) is 16.6. The number of hydrogen-bond donors (Lipinski definition) is 1. The molecule has 126 valence electrons. The summed E-state index contributed by atoms with van der Waals surface area (Å²) >= 11 is 7.91. The third-order valence-electron chi connectivity index (χ3n) is 3.62. The van der Waals surface area contributed by atoms with Crippen molar-refractivity contribution in [3.05, 3.63) is 53.8 Å². The monoisotopic (exact) mass is 481 g/mol. The number of aromatic hydroxyl groups is 1. The second kappa shape index (κ2) is 6.08. The van der Waals surface area contributed by atoms with E-state index < -0.39 is 0 Å². The molecule has 0 unspecified atom stereocenters. The van der Waals surface area contributed by atoms with Crippen molar-refractivity contribution >= 4 is 65.4 Å². The molecule has 0 fully saturated rings. The van der Waals surface area contributed by atoms with E-state index in [4.69, 9.17) is 4.74 Å². The minimum Gasteiger partial charge on any atom is -0.503 e. The van der Waals surface area contributed by atoms with Gasteiger partial charge in [0.15, 0.2) is 22.1 Å². The van der Waals surface area contributed by atoms with Crippen LogP contribution in [0.5, 0.6) is 11.5 Å². The first-order valence-corrected chi connectivity index (χ1v) is 9.43. The summed E-state index contributed by atoms with van der Waals surface area (Å²) in [6.07, 6.45) is 3.37. The number of phenolic OH excluding ortho intramolecular Hbond substituents is 1. The number of hydrogen-bond acceptors (Lipinski definition) is 6. The highest BCUT2D eigenvalue weighted by atomic mass is 79.9. The van der Waals surface area contributed by atoms with Gasteiger partial charge in [0.05, 0.1) is 16.1 Å². The Kier molecular flexibility index (Phi) is 4.01. The average Bonchev–Trinajstić information content (AvgIpc) is 3.07. The van der Waals surface area contributed by atoms with Gasteiger partial charge < -0.3 is 9.84 Å². The molecule has 3 aromatic heterocycles. The number of phenols is 1. The first-order chi connectivity index (χ1) is 12.0. The smallest absolute Gasteiger partial charge is 0.276 e. The van der Waals surface area contributed by atoms with Crippen molar-refractivity contribution in [2.45, 2.75) is 0 Å². The molecule has 1 N–H and O–H groups in total. The number of halogens is 2. The van der Waals surface area contributed by atoms with Crippen molar-refractivity contribution in [1.82, 2.24) is 14.4 Å². The highest BCUT2D eigenvalue weighted by Crippen LogP contribution is 2.35. The molecule has 3 heterocycles. The lowest BCUT2D eigenvalue weighted by Gasteiger charge is -2.06. The standard InChI is InChI=1S/C16H9Br2N3O3S/c1-24-11-3-7(2-9(18)13(11)22)4-12-15(23)21-14-10(20-16(21)25-12)5-8(17)6-19-14/h2-6,22H,1H3/b12-4-. The molecule has 6 nitrogen and oxygen atoms in total. The average molecular weight is 483 g/mol. The summed E-state index contributed by atoms with van der Waals surface area (Å²) in [5, 5.41) is 9.89. The van der Waals surface area contributed by atoms with Crippen molar-refractivity contribution in [2.24, 2.45) is 0 Å². The van der Waals surface area contributed by atoms with E-state index in [9.17, 15) is 9.90 Å². The fourth-order valence-electron chi connectivity index (χ4n) is 2.50. The summed E-state index contributed by atoms with van der Waals surface area (Å²) in [5.41, 5.74) is 1.74. The molecule has 0 amide bonds. The molecule has 9 heteroatoms. The normalized spacial score (nSPS) is 12.4. The molecule has 0 aliphatic heterocycles. The second-order valence-electron chi connectivity index (χ2n) is 5.20. The topological polar surface area (TPSA) is 76.7 Å². The van der Waals surface area contributed by atoms with Crippen LogP contribution < -0.4 is 14.8 Å². The van der Waals surface area contributed by atoms with Gasteiger partial charge >= 0.3 is 0 Å². The number of methoxy groups -OCH3 is 1. The Bertz CT molecular complexity index is 1250. The highest BCUT2D eigenvalue weighted by molar-refractivity contribution is 9.10. The van der Waals surface area contributed by atoms with Crippen LogP contribution in [0.3, 0.4) is 0 Å². The predicted molar refractivity (Wildman–Crippen MR) is 103 cm³/mol. The van der Waals surface area contributed by atoms with Gasteiger partial charge in [-0.3, -0.25) is 4.79 Å². The fourth-order valence-corrected chi connectivity index (χ4v) is 4.25. The van der Waals surface area contributed by atoms with Crippen LogP contribution in [-0.4, -0.2) is 26.6 Å². The first kappa shape index (κ1) is 16.5. The summed E-state index contributed by atoms with van der Waals surface area (Å²) in [7, 11) is 1.47. The molecule has 0 aliphatic carbocycles. The summed E-state index contributed by atoms with van der Waals surface area (Å²) in [6.45, 7) is 0. The van der Waals surface area contributed by atoms with Gasteiger partial charge in [-0.15, -0.1) is 0 Å². The molecule has 0 saturated heterocycles. The number of ether oxygens (including phenoxy) is 1. The summed E-state index contributed by atoms with van der Waals surface area (Å²) in [4.78, 5) is 22.1. The van der Waals surface area contributed by atoms with Crippen LogP contribution in [0, 0.1) is 0 Å². The molecular weight excluding hydrogens is 474 g/mol. The zero-order valence-electron chi connectivity index (χ0n) is 12.7. The first-order valence-electron chi connectivity index (χ1n) is 7.02. The molecule has 0 radical (unpaired) electrons. The van der Waals surface area contributed by atoms with E-state index in [-0.39, 0.29) is 11.3 Å². The van der Waals surface area contributed by atoms with Gasteiger partial charge in [-0.1, -0.05) is 11.3 Å². The van der Waals surface area contributed by atoms with E-state index in [0.29, 0.717) is 30.9 Å². The van der Waals surface area contributed by atoms with E-state index in [1.165, 1.54) is 22.8 Å². The van der Waals surface area contributed by atoms with Crippen molar-refractivity contribution in [1.29, 1.82) is 0 Å². The summed E-state index contributed by atoms with van der Waals surface area (Å²) in [5.74, 6) is 0.343. The fraction of sp³-hybridized carbons (Fsp3) is 0.0625. The van der Waals surface area contributed by atoms with Gasteiger partial charge in [-0.25, -0.2) is 14.4 Å². The number of pyridine rings is 1.